The van der Waals surface area contributed by atoms with Gasteiger partial charge in [-0.3, -0.25) is 4.90 Å². The molecule has 2 aliphatic heterocycles. The normalized spacial score (nSPS) is 19.5. The molecule has 0 saturated carbocycles. The molecule has 1 unspecified atom stereocenters. The number of hydrogen-bond acceptors (Lipinski definition) is 7. The van der Waals surface area contributed by atoms with E-state index in [-0.39, 0.29) is 17.2 Å². The summed E-state index contributed by atoms with van der Waals surface area (Å²) in [7, 11) is -1.97. The van der Waals surface area contributed by atoms with E-state index in [0.29, 0.717) is 37.4 Å². The molecule has 1 amide bonds. The maximum absolute atomic E-state index is 15.3. The molecule has 2 atom stereocenters. The van der Waals surface area contributed by atoms with Crippen LogP contribution in [-0.2, 0) is 20.5 Å². The SMILES string of the molecule is Cc1cn(CC2CC(c3ccc(-c4ccc(N5C[C@@H](CO[Si](C)(C)C(C)(C)C)OC5=O)cc4F)cc3)=NO2)nn1. The number of carbonyl (C=O) groups is 1. The molecule has 9 nitrogen and oxygen atoms in total. The molecule has 3 aromatic rings. The number of ether oxygens (including phenoxy) is 1. The molecule has 1 fully saturated rings. The minimum atomic E-state index is -1.97. The van der Waals surface area contributed by atoms with Crippen LogP contribution in [0.1, 0.15) is 38.4 Å². The molecule has 40 heavy (non-hydrogen) atoms. The van der Waals surface area contributed by atoms with Crippen molar-refractivity contribution in [3.8, 4) is 11.1 Å². The summed E-state index contributed by atoms with van der Waals surface area (Å²) < 4.78 is 28.8. The Labute approximate surface area is 235 Å². The first-order valence-electron chi connectivity index (χ1n) is 13.5. The van der Waals surface area contributed by atoms with Gasteiger partial charge in [0.05, 0.1) is 36.8 Å². The Hall–Kier alpha value is -3.57. The third kappa shape index (κ3) is 5.95. The number of hydrogen-bond donors (Lipinski definition) is 0. The van der Waals surface area contributed by atoms with Crippen LogP contribution in [0.4, 0.5) is 14.9 Å². The summed E-state index contributed by atoms with van der Waals surface area (Å²) in [6, 6.07) is 12.4. The largest absolute Gasteiger partial charge is 0.442 e. The van der Waals surface area contributed by atoms with E-state index in [1.807, 2.05) is 37.4 Å². The van der Waals surface area contributed by atoms with Gasteiger partial charge in [0.25, 0.3) is 0 Å². The van der Waals surface area contributed by atoms with Crippen LogP contribution in [0.3, 0.4) is 0 Å². The molecule has 0 spiro atoms. The number of amides is 1. The van der Waals surface area contributed by atoms with Gasteiger partial charge >= 0.3 is 6.09 Å². The first kappa shape index (κ1) is 28.0. The van der Waals surface area contributed by atoms with Crippen LogP contribution >= 0.6 is 0 Å². The fraction of sp³-hybridized carbons (Fsp3) is 0.448. The number of cyclic esters (lactones) is 1. The van der Waals surface area contributed by atoms with Gasteiger partial charge < -0.3 is 14.0 Å². The molecule has 5 rings (SSSR count). The van der Waals surface area contributed by atoms with Crippen LogP contribution in [0, 0.1) is 12.7 Å². The summed E-state index contributed by atoms with van der Waals surface area (Å²) >= 11 is 0. The summed E-state index contributed by atoms with van der Waals surface area (Å²) in [5.41, 5.74) is 4.25. The van der Waals surface area contributed by atoms with Crippen molar-refractivity contribution in [1.29, 1.82) is 0 Å². The molecule has 2 aromatic carbocycles. The van der Waals surface area contributed by atoms with Gasteiger partial charge in [0.15, 0.2) is 14.4 Å². The molecule has 2 aliphatic rings. The average molecular weight is 566 g/mol. The van der Waals surface area contributed by atoms with Crippen molar-refractivity contribution >= 4 is 25.8 Å². The lowest BCUT2D eigenvalue weighted by Crippen LogP contribution is -2.43. The smallest absolute Gasteiger partial charge is 0.414 e. The van der Waals surface area contributed by atoms with Crippen LogP contribution in [-0.4, -0.2) is 60.5 Å². The molecular weight excluding hydrogens is 529 g/mol. The predicted molar refractivity (Wildman–Crippen MR) is 153 cm³/mol. The topological polar surface area (TPSA) is 91.1 Å². The molecule has 212 valence electrons. The number of oxime groups is 1. The lowest BCUT2D eigenvalue weighted by Gasteiger charge is -2.36. The monoisotopic (exact) mass is 565 g/mol. The van der Waals surface area contributed by atoms with E-state index in [1.165, 1.54) is 11.0 Å². The van der Waals surface area contributed by atoms with Crippen molar-refractivity contribution in [1.82, 2.24) is 15.0 Å². The van der Waals surface area contributed by atoms with Gasteiger partial charge in [-0.1, -0.05) is 55.4 Å². The summed E-state index contributed by atoms with van der Waals surface area (Å²) in [4.78, 5) is 19.6. The summed E-state index contributed by atoms with van der Waals surface area (Å²) in [6.45, 7) is 13.9. The van der Waals surface area contributed by atoms with Crippen molar-refractivity contribution in [2.75, 3.05) is 18.1 Å². The second kappa shape index (κ2) is 10.8. The maximum atomic E-state index is 15.3. The van der Waals surface area contributed by atoms with Gasteiger partial charge in [-0.05, 0) is 54.4 Å². The highest BCUT2D eigenvalue weighted by atomic mass is 28.4. The van der Waals surface area contributed by atoms with Crippen LogP contribution in [0.15, 0.2) is 53.8 Å². The third-order valence-electron chi connectivity index (χ3n) is 7.88. The zero-order chi connectivity index (χ0) is 28.7. The molecule has 1 saturated heterocycles. The zero-order valence-corrected chi connectivity index (χ0v) is 24.8. The van der Waals surface area contributed by atoms with Crippen LogP contribution in [0.25, 0.3) is 11.1 Å². The Morgan fingerprint density at radius 2 is 1.82 bits per heavy atom. The number of rotatable bonds is 8. The van der Waals surface area contributed by atoms with Gasteiger partial charge in [0, 0.05) is 18.2 Å². The first-order valence-corrected chi connectivity index (χ1v) is 16.4. The summed E-state index contributed by atoms with van der Waals surface area (Å²) in [5.74, 6) is -0.413. The van der Waals surface area contributed by atoms with Crippen LogP contribution in [0.5, 0.6) is 0 Å². The number of nitrogens with zero attached hydrogens (tertiary/aromatic N) is 5. The quantitative estimate of drug-likeness (QED) is 0.314. The predicted octanol–water partition coefficient (Wildman–Crippen LogP) is 5.93. The standard InChI is InChI=1S/C29H36FN5O4Si/c1-19-15-34(33-31-19)16-23-14-27(32-39-23)21-9-7-20(8-10-21)25-12-11-22(13-26(25)30)35-17-24(38-28(35)36)18-37-40(5,6)29(2,3)4/h7-13,15,23-24H,14,16-18H2,1-6H3/t23?,24-/m0/s1. The third-order valence-corrected chi connectivity index (χ3v) is 12.4. The summed E-state index contributed by atoms with van der Waals surface area (Å²) in [5, 5.41) is 12.4. The van der Waals surface area contributed by atoms with Crippen molar-refractivity contribution in [3.05, 3.63) is 65.7 Å². The highest BCUT2D eigenvalue weighted by Gasteiger charge is 2.40. The Morgan fingerprint density at radius 1 is 1.10 bits per heavy atom. The van der Waals surface area contributed by atoms with Crippen molar-refractivity contribution < 1.29 is 23.2 Å². The second-order valence-electron chi connectivity index (χ2n) is 12.0. The Kier molecular flexibility index (Phi) is 7.53. The number of benzene rings is 2. The number of anilines is 1. The zero-order valence-electron chi connectivity index (χ0n) is 23.8. The molecule has 0 N–H and O–H groups in total. The Bertz CT molecular complexity index is 1420. The van der Waals surface area contributed by atoms with E-state index in [9.17, 15) is 4.79 Å². The van der Waals surface area contributed by atoms with Crippen molar-refractivity contribution in [2.24, 2.45) is 5.16 Å². The first-order chi connectivity index (χ1) is 18.9. The average Bonchev–Trinajstić information content (AvgIpc) is 3.63. The van der Waals surface area contributed by atoms with E-state index in [1.54, 1.807) is 16.8 Å². The minimum Gasteiger partial charge on any atom is -0.442 e. The van der Waals surface area contributed by atoms with Crippen LogP contribution < -0.4 is 4.90 Å². The van der Waals surface area contributed by atoms with E-state index >= 15 is 4.39 Å². The highest BCUT2D eigenvalue weighted by molar-refractivity contribution is 6.74. The molecule has 1 aromatic heterocycles. The van der Waals surface area contributed by atoms with Gasteiger partial charge in [0.2, 0.25) is 0 Å². The highest BCUT2D eigenvalue weighted by Crippen LogP contribution is 2.37. The molecule has 0 radical (unpaired) electrons. The summed E-state index contributed by atoms with van der Waals surface area (Å²) in [6.07, 6.45) is 1.52. The van der Waals surface area contributed by atoms with E-state index in [4.69, 9.17) is 14.0 Å². The number of halogens is 1. The van der Waals surface area contributed by atoms with Crippen molar-refractivity contribution in [3.63, 3.8) is 0 Å². The second-order valence-corrected chi connectivity index (χ2v) is 16.8. The lowest BCUT2D eigenvalue weighted by molar-refractivity contribution is 0.0693. The number of aryl methyl sites for hydroxylation is 1. The molecule has 11 heteroatoms. The Morgan fingerprint density at radius 3 is 2.48 bits per heavy atom. The number of aromatic nitrogens is 3. The van der Waals surface area contributed by atoms with Crippen molar-refractivity contribution in [2.45, 2.75) is 71.0 Å². The maximum Gasteiger partial charge on any atom is 0.414 e. The molecule has 0 bridgehead atoms. The number of carbonyl (C=O) groups excluding carboxylic acids is 1. The van der Waals surface area contributed by atoms with Crippen LogP contribution in [0.2, 0.25) is 18.1 Å². The molecule has 3 heterocycles. The van der Waals surface area contributed by atoms with E-state index in [2.05, 4.69) is 49.3 Å². The minimum absolute atomic E-state index is 0.0606. The van der Waals surface area contributed by atoms with E-state index < -0.39 is 20.2 Å². The lowest BCUT2D eigenvalue weighted by atomic mass is 9.99. The molecular formula is C29H36FN5O4Si. The van der Waals surface area contributed by atoms with Gasteiger partial charge in [-0.25, -0.2) is 13.9 Å². The van der Waals surface area contributed by atoms with Gasteiger partial charge in [-0.2, -0.15) is 0 Å². The van der Waals surface area contributed by atoms with E-state index in [0.717, 1.165) is 22.5 Å². The van der Waals surface area contributed by atoms with Gasteiger partial charge in [0.1, 0.15) is 11.9 Å². The molecule has 0 aliphatic carbocycles. The fourth-order valence-electron chi connectivity index (χ4n) is 4.48. The Balaban J connectivity index is 1.20. The fourth-order valence-corrected chi connectivity index (χ4v) is 5.51. The van der Waals surface area contributed by atoms with Gasteiger partial charge in [-0.15, -0.1) is 5.10 Å².